The van der Waals surface area contributed by atoms with Crippen LogP contribution in [0.4, 0.5) is 5.13 Å². The highest BCUT2D eigenvalue weighted by Crippen LogP contribution is 2.35. The molecule has 10 heteroatoms. The third-order valence-corrected chi connectivity index (χ3v) is 8.48. The van der Waals surface area contributed by atoms with Gasteiger partial charge in [0.15, 0.2) is 15.0 Å². The van der Waals surface area contributed by atoms with Crippen LogP contribution in [0.15, 0.2) is 23.5 Å². The summed E-state index contributed by atoms with van der Waals surface area (Å²) in [5.41, 5.74) is 0. The Balaban J connectivity index is 1.57. The van der Waals surface area contributed by atoms with E-state index in [1.807, 2.05) is 0 Å². The van der Waals surface area contributed by atoms with Gasteiger partial charge >= 0.3 is 0 Å². The van der Waals surface area contributed by atoms with Crippen LogP contribution in [0.2, 0.25) is 4.34 Å². The van der Waals surface area contributed by atoms with E-state index in [9.17, 15) is 13.2 Å². The molecule has 0 aromatic carbocycles. The van der Waals surface area contributed by atoms with Gasteiger partial charge in [-0.1, -0.05) is 48.6 Å². The summed E-state index contributed by atoms with van der Waals surface area (Å²) in [5, 5.41) is 7.16. The highest BCUT2D eigenvalue weighted by molar-refractivity contribution is 7.92. The van der Waals surface area contributed by atoms with E-state index in [1.54, 1.807) is 0 Å². The molecule has 2 fully saturated rings. The Morgan fingerprint density at radius 1 is 1.30 bits per heavy atom. The SMILES string of the molecule is O=C(Nc1ncc(Cl)s1)[C@H](CC1CCCC1)n1cc(S(=O)(=O)C2CC2)cn1. The van der Waals surface area contributed by atoms with Gasteiger partial charge in [0.25, 0.3) is 5.91 Å². The average Bonchev–Trinajstić information content (AvgIpc) is 3.01. The molecule has 27 heavy (non-hydrogen) atoms. The van der Waals surface area contributed by atoms with Crippen LogP contribution in [0.1, 0.15) is 51.0 Å². The normalized spacial score (nSPS) is 19.3. The summed E-state index contributed by atoms with van der Waals surface area (Å²) >= 11 is 7.08. The zero-order valence-electron chi connectivity index (χ0n) is 14.7. The van der Waals surface area contributed by atoms with Gasteiger partial charge in [-0.3, -0.25) is 9.48 Å². The summed E-state index contributed by atoms with van der Waals surface area (Å²) in [7, 11) is -3.33. The van der Waals surface area contributed by atoms with E-state index in [4.69, 9.17) is 11.6 Å². The number of anilines is 1. The first-order chi connectivity index (χ1) is 12.9. The first-order valence-electron chi connectivity index (χ1n) is 9.14. The lowest BCUT2D eigenvalue weighted by atomic mass is 9.98. The molecule has 0 spiro atoms. The van der Waals surface area contributed by atoms with Gasteiger partial charge in [0, 0.05) is 6.20 Å². The van der Waals surface area contributed by atoms with E-state index in [1.165, 1.54) is 47.5 Å². The lowest BCUT2D eigenvalue weighted by Gasteiger charge is -2.20. The molecule has 2 aromatic heterocycles. The number of aromatic nitrogens is 3. The summed E-state index contributed by atoms with van der Waals surface area (Å²) in [6, 6.07) is -0.570. The molecular weight excluding hydrogens is 408 g/mol. The third kappa shape index (κ3) is 4.20. The standard InChI is InChI=1S/C17H21ClN4O3S2/c18-15-9-19-17(26-15)21-16(23)14(7-11-3-1-2-4-11)22-10-13(8-20-22)27(24,25)12-5-6-12/h8-12,14H,1-7H2,(H,19,21,23)/t14-/m0/s1. The fraction of sp³-hybridized carbons (Fsp3) is 0.588. The van der Waals surface area contributed by atoms with Crippen molar-refractivity contribution in [1.29, 1.82) is 0 Å². The monoisotopic (exact) mass is 428 g/mol. The number of hydrogen-bond donors (Lipinski definition) is 1. The third-order valence-electron chi connectivity index (χ3n) is 5.23. The number of carbonyl (C=O) groups excluding carboxylic acids is 1. The molecule has 1 atom stereocenters. The zero-order chi connectivity index (χ0) is 19.0. The summed E-state index contributed by atoms with van der Waals surface area (Å²) in [6.45, 7) is 0. The molecule has 0 bridgehead atoms. The van der Waals surface area contributed by atoms with Crippen molar-refractivity contribution in [2.24, 2.45) is 5.92 Å². The van der Waals surface area contributed by atoms with Crippen molar-refractivity contribution in [1.82, 2.24) is 14.8 Å². The van der Waals surface area contributed by atoms with Crippen LogP contribution < -0.4 is 5.32 Å². The minimum absolute atomic E-state index is 0.200. The smallest absolute Gasteiger partial charge is 0.251 e. The van der Waals surface area contributed by atoms with E-state index < -0.39 is 15.9 Å². The maximum atomic E-state index is 12.9. The first-order valence-corrected chi connectivity index (χ1v) is 11.9. The topological polar surface area (TPSA) is 94.0 Å². The molecule has 0 unspecified atom stereocenters. The lowest BCUT2D eigenvalue weighted by molar-refractivity contribution is -0.120. The van der Waals surface area contributed by atoms with Gasteiger partial charge < -0.3 is 5.32 Å². The van der Waals surface area contributed by atoms with Gasteiger partial charge in [-0.15, -0.1) is 0 Å². The molecule has 4 rings (SSSR count). The Hall–Kier alpha value is -1.45. The van der Waals surface area contributed by atoms with Crippen LogP contribution in [0.25, 0.3) is 0 Å². The minimum atomic E-state index is -3.33. The molecule has 2 saturated carbocycles. The second kappa shape index (κ2) is 7.52. The predicted molar refractivity (Wildman–Crippen MR) is 104 cm³/mol. The number of rotatable bonds is 7. The van der Waals surface area contributed by atoms with Crippen molar-refractivity contribution < 1.29 is 13.2 Å². The zero-order valence-corrected chi connectivity index (χ0v) is 17.1. The Morgan fingerprint density at radius 3 is 2.67 bits per heavy atom. The molecule has 2 aliphatic rings. The van der Waals surface area contributed by atoms with Crippen molar-refractivity contribution in [3.8, 4) is 0 Å². The van der Waals surface area contributed by atoms with E-state index >= 15 is 0 Å². The number of carbonyl (C=O) groups is 1. The predicted octanol–water partition coefficient (Wildman–Crippen LogP) is 3.69. The molecule has 0 aliphatic heterocycles. The average molecular weight is 429 g/mol. The van der Waals surface area contributed by atoms with Crippen LogP contribution in [0.3, 0.4) is 0 Å². The van der Waals surface area contributed by atoms with Crippen LogP contribution in [-0.2, 0) is 14.6 Å². The van der Waals surface area contributed by atoms with Crippen LogP contribution >= 0.6 is 22.9 Å². The fourth-order valence-electron chi connectivity index (χ4n) is 3.61. The van der Waals surface area contributed by atoms with Gasteiger partial charge in [-0.05, 0) is 25.2 Å². The second-order valence-corrected chi connectivity index (χ2v) is 11.2. The summed E-state index contributed by atoms with van der Waals surface area (Å²) in [4.78, 5) is 17.2. The molecule has 0 radical (unpaired) electrons. The highest BCUT2D eigenvalue weighted by Gasteiger charge is 2.38. The number of thiazole rings is 1. The van der Waals surface area contributed by atoms with Crippen LogP contribution in [-0.4, -0.2) is 34.3 Å². The second-order valence-electron chi connectivity index (χ2n) is 7.26. The van der Waals surface area contributed by atoms with E-state index in [-0.39, 0.29) is 16.1 Å². The number of nitrogens with one attached hydrogen (secondary N) is 1. The molecule has 1 N–H and O–H groups in total. The maximum absolute atomic E-state index is 12.9. The van der Waals surface area contributed by atoms with Gasteiger partial charge in [-0.25, -0.2) is 13.4 Å². The van der Waals surface area contributed by atoms with E-state index in [0.717, 1.165) is 12.8 Å². The van der Waals surface area contributed by atoms with Crippen molar-refractivity contribution >= 4 is 43.8 Å². The molecule has 0 saturated heterocycles. The number of sulfone groups is 1. The van der Waals surface area contributed by atoms with Gasteiger partial charge in [0.2, 0.25) is 0 Å². The minimum Gasteiger partial charge on any atom is -0.300 e. The Labute approximate surface area is 167 Å². The van der Waals surface area contributed by atoms with Gasteiger partial charge in [0.05, 0.1) is 17.6 Å². The van der Waals surface area contributed by atoms with Crippen molar-refractivity contribution in [3.63, 3.8) is 0 Å². The summed E-state index contributed by atoms with van der Waals surface area (Å²) in [6.07, 6.45) is 10.9. The van der Waals surface area contributed by atoms with E-state index in [2.05, 4.69) is 15.4 Å². The maximum Gasteiger partial charge on any atom is 0.251 e. The summed E-state index contributed by atoms with van der Waals surface area (Å²) < 4.78 is 26.9. The molecule has 2 heterocycles. The summed E-state index contributed by atoms with van der Waals surface area (Å²) in [5.74, 6) is 0.194. The Bertz CT molecular complexity index is 930. The highest BCUT2D eigenvalue weighted by atomic mass is 35.5. The van der Waals surface area contributed by atoms with Crippen LogP contribution in [0, 0.1) is 5.92 Å². The lowest BCUT2D eigenvalue weighted by Crippen LogP contribution is -2.28. The molecule has 2 aliphatic carbocycles. The molecule has 146 valence electrons. The fourth-order valence-corrected chi connectivity index (χ4v) is 6.01. The number of halogens is 1. The molecular formula is C17H21ClN4O3S2. The number of hydrogen-bond acceptors (Lipinski definition) is 6. The van der Waals surface area contributed by atoms with Crippen molar-refractivity contribution in [3.05, 3.63) is 22.9 Å². The number of amides is 1. The van der Waals surface area contributed by atoms with Crippen molar-refractivity contribution in [2.45, 2.75) is 61.1 Å². The first kappa shape index (κ1) is 18.9. The quantitative estimate of drug-likeness (QED) is 0.725. The van der Waals surface area contributed by atoms with Crippen LogP contribution in [0.5, 0.6) is 0 Å². The van der Waals surface area contributed by atoms with E-state index in [0.29, 0.717) is 34.6 Å². The molecule has 7 nitrogen and oxygen atoms in total. The molecule has 2 aromatic rings. The largest absolute Gasteiger partial charge is 0.300 e. The van der Waals surface area contributed by atoms with Gasteiger partial charge in [-0.2, -0.15) is 5.10 Å². The van der Waals surface area contributed by atoms with Crippen molar-refractivity contribution in [2.75, 3.05) is 5.32 Å². The Morgan fingerprint density at radius 2 is 2.04 bits per heavy atom. The Kier molecular flexibility index (Phi) is 5.26. The molecule has 1 amide bonds. The number of nitrogens with zero attached hydrogens (tertiary/aromatic N) is 3. The van der Waals surface area contributed by atoms with Gasteiger partial charge in [0.1, 0.15) is 15.3 Å².